The van der Waals surface area contributed by atoms with Crippen LogP contribution in [-0.4, -0.2) is 25.4 Å². The number of hydrogen-bond acceptors (Lipinski definition) is 7. The number of rotatable bonds is 7. The van der Waals surface area contributed by atoms with E-state index in [1.165, 1.54) is 30.7 Å². The van der Waals surface area contributed by atoms with Crippen molar-refractivity contribution in [3.8, 4) is 17.2 Å². The quantitative estimate of drug-likeness (QED) is 0.282. The maximum absolute atomic E-state index is 13.3. The fourth-order valence-electron chi connectivity index (χ4n) is 4.39. The normalized spacial score (nSPS) is 11.6. The van der Waals surface area contributed by atoms with Crippen molar-refractivity contribution >= 4 is 28.6 Å². The van der Waals surface area contributed by atoms with Crippen molar-refractivity contribution in [2.45, 2.75) is 19.5 Å². The molecule has 1 unspecified atom stereocenters. The van der Waals surface area contributed by atoms with E-state index in [4.69, 9.17) is 5.73 Å². The number of aromatic nitrogens is 4. The second-order valence-electron chi connectivity index (χ2n) is 9.14. The topological polar surface area (TPSA) is 135 Å². The van der Waals surface area contributed by atoms with Gasteiger partial charge in [0.15, 0.2) is 0 Å². The number of halogens is 1. The van der Waals surface area contributed by atoms with E-state index in [-0.39, 0.29) is 23.0 Å². The molecule has 0 aliphatic rings. The van der Waals surface area contributed by atoms with Crippen LogP contribution in [0.3, 0.4) is 0 Å². The molecule has 0 spiro atoms. The van der Waals surface area contributed by atoms with E-state index in [0.29, 0.717) is 18.2 Å². The van der Waals surface area contributed by atoms with Gasteiger partial charge in [-0.3, -0.25) is 4.79 Å². The van der Waals surface area contributed by atoms with Gasteiger partial charge in [-0.2, -0.15) is 5.26 Å². The van der Waals surface area contributed by atoms with Crippen molar-refractivity contribution in [2.24, 2.45) is 7.05 Å². The van der Waals surface area contributed by atoms with Gasteiger partial charge in [-0.05, 0) is 41.8 Å². The number of nitriles is 1. The van der Waals surface area contributed by atoms with Gasteiger partial charge in [0.05, 0.1) is 22.6 Å². The Morgan fingerprint density at radius 1 is 1.13 bits per heavy atom. The third-order valence-corrected chi connectivity index (χ3v) is 6.49. The molecule has 0 saturated carbocycles. The molecule has 1 atom stereocenters. The summed E-state index contributed by atoms with van der Waals surface area (Å²) in [5.41, 5.74) is 11.0. The molecule has 3 heterocycles. The van der Waals surface area contributed by atoms with Gasteiger partial charge in [0.1, 0.15) is 35.5 Å². The zero-order valence-corrected chi connectivity index (χ0v) is 21.3. The van der Waals surface area contributed by atoms with E-state index in [9.17, 15) is 14.4 Å². The second-order valence-corrected chi connectivity index (χ2v) is 9.14. The molecule has 0 aliphatic carbocycles. The maximum Gasteiger partial charge on any atom is 0.255 e. The van der Waals surface area contributed by atoms with Gasteiger partial charge in [-0.15, -0.1) is 0 Å². The van der Waals surface area contributed by atoms with Crippen LogP contribution in [-0.2, 0) is 13.6 Å². The van der Waals surface area contributed by atoms with Crippen molar-refractivity contribution in [1.29, 1.82) is 5.26 Å². The van der Waals surface area contributed by atoms with Crippen LogP contribution in [0, 0.1) is 17.1 Å². The van der Waals surface area contributed by atoms with E-state index in [0.717, 1.165) is 33.3 Å². The monoisotopic (exact) mass is 520 g/mol. The fourth-order valence-corrected chi connectivity index (χ4v) is 4.39. The molecule has 0 radical (unpaired) electrons. The molecule has 0 fully saturated rings. The summed E-state index contributed by atoms with van der Waals surface area (Å²) in [5, 5.41) is 16.2. The zero-order chi connectivity index (χ0) is 27.5. The molecular formula is C29H25FN8O. The van der Waals surface area contributed by atoms with Gasteiger partial charge < -0.3 is 20.9 Å². The summed E-state index contributed by atoms with van der Waals surface area (Å²) in [7, 11) is 1.91. The first-order valence-electron chi connectivity index (χ1n) is 12.2. The number of nitrogens with one attached hydrogen (secondary N) is 2. The summed E-state index contributed by atoms with van der Waals surface area (Å²) in [6.45, 7) is 2.20. The number of nitrogen functional groups attached to an aromatic ring is 1. The Balaban J connectivity index is 1.33. The number of anilines is 2. The molecule has 9 nitrogen and oxygen atoms in total. The number of benzene rings is 2. The molecule has 0 saturated heterocycles. The summed E-state index contributed by atoms with van der Waals surface area (Å²) in [4.78, 5) is 25.9. The SMILES string of the molecule is CC(NC(=O)c1cc(C#N)cnc1NCc1ccc(-c2cn(C)c3ncnc(N)c23)cc1)c1ccc(F)cc1. The van der Waals surface area contributed by atoms with E-state index < -0.39 is 5.91 Å². The Bertz CT molecular complexity index is 1710. The molecular weight excluding hydrogens is 495 g/mol. The van der Waals surface area contributed by atoms with Crippen molar-refractivity contribution in [2.75, 3.05) is 11.1 Å². The van der Waals surface area contributed by atoms with Crippen LogP contribution < -0.4 is 16.4 Å². The van der Waals surface area contributed by atoms with Gasteiger partial charge in [0.2, 0.25) is 0 Å². The standard InChI is InChI=1S/C29H25FN8O/c1-17(20-7-9-22(30)10-8-20)37-29(39)23-11-19(12-31)14-34-27(23)33-13-18-3-5-21(6-4-18)24-15-38(2)28-25(24)26(32)35-16-36-28/h3-11,14-17H,13H2,1-2H3,(H,33,34)(H,37,39)(H2,32,35,36). The third kappa shape index (κ3) is 5.24. The summed E-state index contributed by atoms with van der Waals surface area (Å²) in [5.74, 6) is 0.0247. The number of pyridine rings is 1. The van der Waals surface area contributed by atoms with Gasteiger partial charge in [0, 0.05) is 31.5 Å². The lowest BCUT2D eigenvalue weighted by Gasteiger charge is -2.16. The van der Waals surface area contributed by atoms with E-state index in [1.807, 2.05) is 48.1 Å². The summed E-state index contributed by atoms with van der Waals surface area (Å²) < 4.78 is 15.2. The molecule has 2 aromatic carbocycles. The first kappa shape index (κ1) is 25.4. The minimum Gasteiger partial charge on any atom is -0.383 e. The first-order valence-corrected chi connectivity index (χ1v) is 12.2. The Morgan fingerprint density at radius 2 is 1.87 bits per heavy atom. The molecule has 5 rings (SSSR count). The number of fused-ring (bicyclic) bond motifs is 1. The van der Waals surface area contributed by atoms with Crippen LogP contribution in [0.4, 0.5) is 16.0 Å². The fraction of sp³-hybridized carbons (Fsp3) is 0.138. The zero-order valence-electron chi connectivity index (χ0n) is 21.3. The van der Waals surface area contributed by atoms with Crippen LogP contribution >= 0.6 is 0 Å². The van der Waals surface area contributed by atoms with Crippen molar-refractivity contribution in [1.82, 2.24) is 24.8 Å². The molecule has 3 aromatic heterocycles. The van der Waals surface area contributed by atoms with Crippen LogP contribution in [0.15, 0.2) is 73.3 Å². The van der Waals surface area contributed by atoms with Crippen molar-refractivity contribution in [3.05, 3.63) is 101 Å². The second kappa shape index (κ2) is 10.6. The molecule has 0 aliphatic heterocycles. The number of aryl methyl sites for hydroxylation is 1. The van der Waals surface area contributed by atoms with Gasteiger partial charge in [-0.25, -0.2) is 19.3 Å². The lowest BCUT2D eigenvalue weighted by atomic mass is 10.0. The maximum atomic E-state index is 13.3. The lowest BCUT2D eigenvalue weighted by molar-refractivity contribution is 0.0940. The number of hydrogen-bond donors (Lipinski definition) is 3. The highest BCUT2D eigenvalue weighted by Gasteiger charge is 2.18. The third-order valence-electron chi connectivity index (χ3n) is 6.49. The first-order chi connectivity index (χ1) is 18.8. The highest BCUT2D eigenvalue weighted by molar-refractivity contribution is 6.01. The highest BCUT2D eigenvalue weighted by atomic mass is 19.1. The molecule has 1 amide bonds. The molecule has 4 N–H and O–H groups in total. The Labute approximate surface area is 224 Å². The predicted molar refractivity (Wildman–Crippen MR) is 147 cm³/mol. The average Bonchev–Trinajstić information content (AvgIpc) is 3.29. The Kier molecular flexibility index (Phi) is 6.89. The number of amides is 1. The molecule has 10 heteroatoms. The van der Waals surface area contributed by atoms with Crippen molar-refractivity contribution in [3.63, 3.8) is 0 Å². The van der Waals surface area contributed by atoms with Gasteiger partial charge in [0.25, 0.3) is 5.91 Å². The largest absolute Gasteiger partial charge is 0.383 e. The summed E-state index contributed by atoms with van der Waals surface area (Å²) >= 11 is 0. The number of carbonyl (C=O) groups excluding carboxylic acids is 1. The minimum atomic E-state index is -0.398. The van der Waals surface area contributed by atoms with Crippen molar-refractivity contribution < 1.29 is 9.18 Å². The molecule has 0 bridgehead atoms. The lowest BCUT2D eigenvalue weighted by Crippen LogP contribution is -2.28. The van der Waals surface area contributed by atoms with Crippen LogP contribution in [0.25, 0.3) is 22.2 Å². The van der Waals surface area contributed by atoms with E-state index in [1.54, 1.807) is 19.1 Å². The average molecular weight is 521 g/mol. The Hall–Kier alpha value is -5.30. The molecule has 39 heavy (non-hydrogen) atoms. The van der Waals surface area contributed by atoms with Gasteiger partial charge in [-0.1, -0.05) is 36.4 Å². The van der Waals surface area contributed by atoms with E-state index in [2.05, 4.69) is 25.6 Å². The number of nitrogens with two attached hydrogens (primary N) is 1. The van der Waals surface area contributed by atoms with Crippen LogP contribution in [0.1, 0.15) is 40.0 Å². The van der Waals surface area contributed by atoms with Crippen LogP contribution in [0.5, 0.6) is 0 Å². The number of carbonyl (C=O) groups is 1. The summed E-state index contributed by atoms with van der Waals surface area (Å²) in [6.07, 6.45) is 4.84. The van der Waals surface area contributed by atoms with Gasteiger partial charge >= 0.3 is 0 Å². The van der Waals surface area contributed by atoms with E-state index >= 15 is 0 Å². The summed E-state index contributed by atoms with van der Waals surface area (Å²) in [6, 6.07) is 17.0. The Morgan fingerprint density at radius 3 is 2.59 bits per heavy atom. The smallest absolute Gasteiger partial charge is 0.255 e. The number of nitrogens with zero attached hydrogens (tertiary/aromatic N) is 5. The minimum absolute atomic E-state index is 0.242. The predicted octanol–water partition coefficient (Wildman–Crippen LogP) is 4.73. The molecule has 5 aromatic rings. The van der Waals surface area contributed by atoms with Crippen LogP contribution in [0.2, 0.25) is 0 Å². The molecule has 194 valence electrons. The highest BCUT2D eigenvalue weighted by Crippen LogP contribution is 2.32.